The molecule has 2 N–H and O–H groups in total. The maximum atomic E-state index is 13.2. The molecule has 1 aromatic heterocycles. The summed E-state index contributed by atoms with van der Waals surface area (Å²) in [5.74, 6) is -3.30. The van der Waals surface area contributed by atoms with Gasteiger partial charge in [-0.05, 0) is 50.1 Å². The predicted octanol–water partition coefficient (Wildman–Crippen LogP) is 3.96. The highest BCUT2D eigenvalue weighted by atomic mass is 32.1. The van der Waals surface area contributed by atoms with Gasteiger partial charge < -0.3 is 24.7 Å². The molecule has 10 heteroatoms. The average molecular weight is 490 g/mol. The van der Waals surface area contributed by atoms with E-state index in [0.29, 0.717) is 18.4 Å². The van der Waals surface area contributed by atoms with E-state index in [4.69, 9.17) is 29.5 Å². The van der Waals surface area contributed by atoms with E-state index in [1.807, 2.05) is 6.07 Å². The summed E-state index contributed by atoms with van der Waals surface area (Å²) in [6.45, 7) is 3.79. The van der Waals surface area contributed by atoms with E-state index in [2.05, 4.69) is 35.0 Å². The Morgan fingerprint density at radius 2 is 1.97 bits per heavy atom. The number of rotatable bonds is 7. The Balaban J connectivity index is 0.000000481. The number of hydrogen-bond donors (Lipinski definition) is 2. The van der Waals surface area contributed by atoms with Crippen LogP contribution >= 0.6 is 11.3 Å². The molecule has 1 aliphatic rings. The zero-order valence-corrected chi connectivity index (χ0v) is 19.7. The Morgan fingerprint density at radius 3 is 2.68 bits per heavy atom. The molecule has 34 heavy (non-hydrogen) atoms. The second-order valence-electron chi connectivity index (χ2n) is 7.94. The Hall–Kier alpha value is -3.24. The van der Waals surface area contributed by atoms with Crippen molar-refractivity contribution in [3.63, 3.8) is 0 Å². The molecule has 1 unspecified atom stereocenters. The van der Waals surface area contributed by atoms with Crippen molar-refractivity contribution in [3.05, 3.63) is 54.3 Å². The van der Waals surface area contributed by atoms with E-state index < -0.39 is 11.9 Å². The highest BCUT2D eigenvalue weighted by Crippen LogP contribution is 2.30. The molecule has 8 nitrogen and oxygen atoms in total. The number of likely N-dealkylation sites (N-methyl/N-ethyl adjacent to an activating group) is 1. The van der Waals surface area contributed by atoms with Crippen molar-refractivity contribution in [1.82, 2.24) is 9.88 Å². The molecule has 182 valence electrons. The largest absolute Gasteiger partial charge is 0.493 e. The van der Waals surface area contributed by atoms with E-state index in [-0.39, 0.29) is 5.82 Å². The summed E-state index contributed by atoms with van der Waals surface area (Å²) < 4.78 is 20.1. The molecule has 0 radical (unpaired) electrons. The molecule has 1 aliphatic heterocycles. The summed E-state index contributed by atoms with van der Waals surface area (Å²) >= 11 is 1.77. The summed E-state index contributed by atoms with van der Waals surface area (Å²) in [7, 11) is 2.17. The third-order valence-corrected chi connectivity index (χ3v) is 6.61. The lowest BCUT2D eigenvalue weighted by molar-refractivity contribution is -0.159. The summed E-state index contributed by atoms with van der Waals surface area (Å²) in [4.78, 5) is 27.9. The van der Waals surface area contributed by atoms with Gasteiger partial charge in [0.25, 0.3) is 0 Å². The Labute approximate surface area is 201 Å². The van der Waals surface area contributed by atoms with E-state index in [9.17, 15) is 4.39 Å². The highest BCUT2D eigenvalue weighted by Gasteiger charge is 2.24. The molecule has 0 aliphatic carbocycles. The third kappa shape index (κ3) is 7.39. The molecule has 1 atom stereocenters. The third-order valence-electron chi connectivity index (χ3n) is 5.48. The standard InChI is InChI=1S/C22H26FN3OS.C2H2O4/c1-25(22-24-20-10-2-3-11-21(20)28-22)18-8-5-12-26(16-18)13-6-14-27-19-9-4-7-17(23)15-19;3-1(4)2(5)6/h2-4,7,9-11,15,18H,5-6,8,12-14,16H2,1H3;(H,3,4)(H,5,6). The number of likely N-dealkylation sites (tertiary alicyclic amines) is 1. The van der Waals surface area contributed by atoms with Crippen molar-refractivity contribution in [2.45, 2.75) is 25.3 Å². The number of carbonyl (C=O) groups is 2. The van der Waals surface area contributed by atoms with Crippen LogP contribution in [-0.4, -0.2) is 71.4 Å². The van der Waals surface area contributed by atoms with Crippen LogP contribution in [0.25, 0.3) is 10.2 Å². The topological polar surface area (TPSA) is 103 Å². The Morgan fingerprint density at radius 1 is 1.21 bits per heavy atom. The van der Waals surface area contributed by atoms with Gasteiger partial charge in [-0.1, -0.05) is 29.5 Å². The van der Waals surface area contributed by atoms with Crippen LogP contribution in [0.1, 0.15) is 19.3 Å². The molecular weight excluding hydrogens is 461 g/mol. The van der Waals surface area contributed by atoms with Crippen LogP contribution < -0.4 is 9.64 Å². The number of fused-ring (bicyclic) bond motifs is 1. The summed E-state index contributed by atoms with van der Waals surface area (Å²) in [6.07, 6.45) is 3.33. The van der Waals surface area contributed by atoms with Crippen LogP contribution in [0.4, 0.5) is 9.52 Å². The average Bonchev–Trinajstić information content (AvgIpc) is 3.26. The number of halogens is 1. The smallest absolute Gasteiger partial charge is 0.414 e. The molecule has 3 aromatic rings. The number of thiazole rings is 1. The first-order chi connectivity index (χ1) is 16.3. The second kappa shape index (κ2) is 12.3. The fraction of sp³-hybridized carbons (Fsp3) is 0.375. The number of ether oxygens (including phenoxy) is 1. The number of carboxylic acid groups (broad SMARTS) is 2. The number of aromatic nitrogens is 1. The molecule has 2 heterocycles. The van der Waals surface area contributed by atoms with Crippen LogP contribution in [-0.2, 0) is 9.59 Å². The number of carboxylic acids is 2. The van der Waals surface area contributed by atoms with Gasteiger partial charge in [-0.25, -0.2) is 19.0 Å². The lowest BCUT2D eigenvalue weighted by atomic mass is 10.0. The number of piperidine rings is 1. The molecule has 2 aromatic carbocycles. The van der Waals surface area contributed by atoms with Crippen molar-refractivity contribution in [2.24, 2.45) is 0 Å². The van der Waals surface area contributed by atoms with Gasteiger partial charge in [-0.2, -0.15) is 0 Å². The summed E-state index contributed by atoms with van der Waals surface area (Å²) in [5.41, 5.74) is 1.08. The SMILES string of the molecule is CN(c1nc2ccccc2s1)C1CCCN(CCCOc2cccc(F)c2)C1.O=C(O)C(=O)O. The minimum atomic E-state index is -1.82. The molecule has 1 fully saturated rings. The van der Waals surface area contributed by atoms with Crippen molar-refractivity contribution < 1.29 is 28.9 Å². The summed E-state index contributed by atoms with van der Waals surface area (Å²) in [6, 6.07) is 15.2. The fourth-order valence-electron chi connectivity index (χ4n) is 3.75. The number of hydrogen-bond acceptors (Lipinski definition) is 7. The Kier molecular flexibility index (Phi) is 9.17. The first kappa shape index (κ1) is 25.4. The Bertz CT molecular complexity index is 1060. The van der Waals surface area contributed by atoms with Gasteiger partial charge in [0.2, 0.25) is 0 Å². The van der Waals surface area contributed by atoms with E-state index in [0.717, 1.165) is 36.7 Å². The van der Waals surface area contributed by atoms with Gasteiger partial charge in [0, 0.05) is 32.2 Å². The molecule has 4 rings (SSSR count). The van der Waals surface area contributed by atoms with Crippen LogP contribution in [0.5, 0.6) is 5.75 Å². The van der Waals surface area contributed by atoms with Gasteiger partial charge in [-0.15, -0.1) is 0 Å². The van der Waals surface area contributed by atoms with E-state index in [1.54, 1.807) is 23.5 Å². The van der Waals surface area contributed by atoms with Gasteiger partial charge >= 0.3 is 11.9 Å². The molecule has 0 saturated carbocycles. The quantitative estimate of drug-likeness (QED) is 0.380. The van der Waals surface area contributed by atoms with Gasteiger partial charge in [0.05, 0.1) is 16.8 Å². The summed E-state index contributed by atoms with van der Waals surface area (Å²) in [5, 5.41) is 15.9. The lowest BCUT2D eigenvalue weighted by Gasteiger charge is -2.37. The number of nitrogens with zero attached hydrogens (tertiary/aromatic N) is 3. The molecule has 1 saturated heterocycles. The van der Waals surface area contributed by atoms with Crippen molar-refractivity contribution in [3.8, 4) is 5.75 Å². The van der Waals surface area contributed by atoms with Crippen molar-refractivity contribution >= 4 is 38.6 Å². The number of para-hydroxylation sites is 1. The maximum Gasteiger partial charge on any atom is 0.414 e. The van der Waals surface area contributed by atoms with Crippen LogP contribution in [0, 0.1) is 5.82 Å². The normalized spacial score (nSPS) is 15.9. The van der Waals surface area contributed by atoms with Gasteiger partial charge in [0.1, 0.15) is 11.6 Å². The lowest BCUT2D eigenvalue weighted by Crippen LogP contribution is -2.47. The zero-order chi connectivity index (χ0) is 24.5. The number of aliphatic carboxylic acids is 2. The van der Waals surface area contributed by atoms with Crippen molar-refractivity contribution in [1.29, 1.82) is 0 Å². The fourth-order valence-corrected chi connectivity index (χ4v) is 4.75. The number of anilines is 1. The van der Waals surface area contributed by atoms with E-state index in [1.165, 1.54) is 29.7 Å². The molecule has 0 amide bonds. The zero-order valence-electron chi connectivity index (χ0n) is 18.9. The highest BCUT2D eigenvalue weighted by molar-refractivity contribution is 7.22. The minimum absolute atomic E-state index is 0.255. The van der Waals surface area contributed by atoms with E-state index >= 15 is 0 Å². The first-order valence-electron chi connectivity index (χ1n) is 11.0. The molecular formula is C24H28FN3O5S. The van der Waals surface area contributed by atoms with Crippen LogP contribution in [0.2, 0.25) is 0 Å². The van der Waals surface area contributed by atoms with Gasteiger partial charge in [0.15, 0.2) is 5.13 Å². The maximum absolute atomic E-state index is 13.2. The van der Waals surface area contributed by atoms with Crippen LogP contribution in [0.15, 0.2) is 48.5 Å². The van der Waals surface area contributed by atoms with Gasteiger partial charge in [-0.3, -0.25) is 0 Å². The molecule has 0 bridgehead atoms. The second-order valence-corrected chi connectivity index (χ2v) is 8.95. The predicted molar refractivity (Wildman–Crippen MR) is 129 cm³/mol. The minimum Gasteiger partial charge on any atom is -0.493 e. The monoisotopic (exact) mass is 489 g/mol. The number of benzene rings is 2. The first-order valence-corrected chi connectivity index (χ1v) is 11.8. The molecule has 0 spiro atoms. The van der Waals surface area contributed by atoms with Crippen LogP contribution in [0.3, 0.4) is 0 Å². The van der Waals surface area contributed by atoms with Crippen molar-refractivity contribution in [2.75, 3.05) is 38.2 Å².